The predicted octanol–water partition coefficient (Wildman–Crippen LogP) is 2.53. The zero-order valence-corrected chi connectivity index (χ0v) is 13.4. The van der Waals surface area contributed by atoms with Crippen LogP contribution in [0.1, 0.15) is 24.2 Å². The van der Waals surface area contributed by atoms with E-state index in [1.165, 1.54) is 30.1 Å². The number of hydrogen-bond donors (Lipinski definition) is 0. The van der Waals surface area contributed by atoms with Crippen LogP contribution in [0.25, 0.3) is 0 Å². The molecular formula is C14H18BrFN2O2. The second kappa shape index (κ2) is 7.38. The zero-order valence-electron chi connectivity index (χ0n) is 11.8. The first kappa shape index (κ1) is 16.6. The van der Waals surface area contributed by atoms with Crippen LogP contribution in [0.5, 0.6) is 0 Å². The molecule has 1 rings (SSSR count). The van der Waals surface area contributed by atoms with E-state index in [1.54, 1.807) is 4.90 Å². The Labute approximate surface area is 126 Å². The highest BCUT2D eigenvalue weighted by Crippen LogP contribution is 2.17. The fourth-order valence-corrected chi connectivity index (χ4v) is 2.18. The van der Waals surface area contributed by atoms with Crippen molar-refractivity contribution in [1.29, 1.82) is 0 Å². The molecule has 0 atom stereocenters. The summed E-state index contributed by atoms with van der Waals surface area (Å²) < 4.78 is 14.3. The lowest BCUT2D eigenvalue weighted by Gasteiger charge is -2.23. The summed E-state index contributed by atoms with van der Waals surface area (Å²) in [6, 6.07) is 4.15. The highest BCUT2D eigenvalue weighted by Gasteiger charge is 2.20. The van der Waals surface area contributed by atoms with Gasteiger partial charge >= 0.3 is 0 Å². The maximum atomic E-state index is 13.6. The third-order valence-corrected chi connectivity index (χ3v) is 3.49. The molecule has 4 nitrogen and oxygen atoms in total. The van der Waals surface area contributed by atoms with Gasteiger partial charge in [0.25, 0.3) is 5.91 Å². The monoisotopic (exact) mass is 344 g/mol. The molecule has 0 unspecified atom stereocenters. The van der Waals surface area contributed by atoms with Crippen LogP contribution in [0.4, 0.5) is 4.39 Å². The van der Waals surface area contributed by atoms with Gasteiger partial charge in [-0.25, -0.2) is 4.39 Å². The second-order valence-electron chi connectivity index (χ2n) is 4.35. The summed E-state index contributed by atoms with van der Waals surface area (Å²) in [6.45, 7) is 4.85. The van der Waals surface area contributed by atoms with Gasteiger partial charge in [0.1, 0.15) is 5.82 Å². The van der Waals surface area contributed by atoms with Crippen molar-refractivity contribution in [3.63, 3.8) is 0 Å². The first-order valence-corrected chi connectivity index (χ1v) is 7.18. The average Bonchev–Trinajstić information content (AvgIpc) is 2.42. The summed E-state index contributed by atoms with van der Waals surface area (Å²) >= 11 is 3.20. The minimum Gasteiger partial charge on any atom is -0.342 e. The molecule has 0 saturated carbocycles. The number of hydrogen-bond acceptors (Lipinski definition) is 2. The lowest BCUT2D eigenvalue weighted by molar-refractivity contribution is -0.131. The molecule has 2 amide bonds. The van der Waals surface area contributed by atoms with Crippen LogP contribution in [-0.4, -0.2) is 48.3 Å². The van der Waals surface area contributed by atoms with Gasteiger partial charge in [-0.15, -0.1) is 0 Å². The van der Waals surface area contributed by atoms with Gasteiger partial charge in [0.15, 0.2) is 0 Å². The van der Waals surface area contributed by atoms with Crippen LogP contribution in [0.2, 0.25) is 0 Å². The number of carbonyl (C=O) groups excluding carboxylic acids is 2. The largest absolute Gasteiger partial charge is 0.342 e. The second-order valence-corrected chi connectivity index (χ2v) is 5.27. The van der Waals surface area contributed by atoms with Crippen molar-refractivity contribution in [3.8, 4) is 0 Å². The molecular weight excluding hydrogens is 327 g/mol. The lowest BCUT2D eigenvalue weighted by atomic mass is 10.2. The Hall–Kier alpha value is -1.43. The van der Waals surface area contributed by atoms with Gasteiger partial charge in [0.05, 0.1) is 12.1 Å². The predicted molar refractivity (Wildman–Crippen MR) is 79.0 cm³/mol. The van der Waals surface area contributed by atoms with E-state index >= 15 is 0 Å². The normalized spacial score (nSPS) is 10.2. The van der Waals surface area contributed by atoms with Crippen LogP contribution < -0.4 is 0 Å². The minimum atomic E-state index is -0.597. The van der Waals surface area contributed by atoms with E-state index in [-0.39, 0.29) is 18.0 Å². The van der Waals surface area contributed by atoms with Crippen molar-refractivity contribution in [1.82, 2.24) is 9.80 Å². The lowest BCUT2D eigenvalue weighted by Crippen LogP contribution is -2.41. The van der Waals surface area contributed by atoms with Gasteiger partial charge in [0.2, 0.25) is 5.91 Å². The van der Waals surface area contributed by atoms with Gasteiger partial charge < -0.3 is 9.80 Å². The Bertz CT molecular complexity index is 504. The Balaban J connectivity index is 2.82. The van der Waals surface area contributed by atoms with E-state index in [1.807, 2.05) is 13.8 Å². The Morgan fingerprint density at radius 2 is 1.85 bits per heavy atom. The van der Waals surface area contributed by atoms with Crippen molar-refractivity contribution in [2.45, 2.75) is 13.8 Å². The molecule has 0 aliphatic carbocycles. The summed E-state index contributed by atoms with van der Waals surface area (Å²) in [5.41, 5.74) is -0.0470. The topological polar surface area (TPSA) is 40.6 Å². The number of rotatable bonds is 5. The van der Waals surface area contributed by atoms with Crippen LogP contribution >= 0.6 is 15.9 Å². The molecule has 0 aromatic heterocycles. The quantitative estimate of drug-likeness (QED) is 0.823. The molecule has 0 saturated heterocycles. The molecule has 0 aliphatic rings. The molecule has 0 heterocycles. The summed E-state index contributed by atoms with van der Waals surface area (Å²) in [7, 11) is 1.49. The summed E-state index contributed by atoms with van der Waals surface area (Å²) in [6.07, 6.45) is 0. The molecule has 0 spiro atoms. The highest BCUT2D eigenvalue weighted by molar-refractivity contribution is 9.10. The van der Waals surface area contributed by atoms with E-state index in [4.69, 9.17) is 0 Å². The van der Waals surface area contributed by atoms with Gasteiger partial charge in [-0.3, -0.25) is 9.59 Å². The van der Waals surface area contributed by atoms with Gasteiger partial charge in [-0.2, -0.15) is 0 Å². The maximum Gasteiger partial charge on any atom is 0.257 e. The molecule has 0 radical (unpaired) electrons. The van der Waals surface area contributed by atoms with Gasteiger partial charge in [0, 0.05) is 24.6 Å². The van der Waals surface area contributed by atoms with Crippen LogP contribution in [0.3, 0.4) is 0 Å². The number of halogens is 2. The van der Waals surface area contributed by atoms with E-state index in [9.17, 15) is 14.0 Å². The summed E-state index contributed by atoms with van der Waals surface area (Å²) in [5.74, 6) is -1.26. The third-order valence-electron chi connectivity index (χ3n) is 2.99. The Kier molecular flexibility index (Phi) is 6.13. The average molecular weight is 345 g/mol. The van der Waals surface area contributed by atoms with Crippen LogP contribution in [-0.2, 0) is 4.79 Å². The molecule has 6 heteroatoms. The van der Waals surface area contributed by atoms with Gasteiger partial charge in [-0.05, 0) is 32.0 Å². The van der Waals surface area contributed by atoms with Crippen molar-refractivity contribution >= 4 is 27.7 Å². The first-order valence-electron chi connectivity index (χ1n) is 6.39. The molecule has 1 aromatic rings. The number of likely N-dealkylation sites (N-methyl/N-ethyl adjacent to an activating group) is 2. The maximum absolute atomic E-state index is 13.6. The van der Waals surface area contributed by atoms with Crippen molar-refractivity contribution in [2.24, 2.45) is 0 Å². The van der Waals surface area contributed by atoms with Crippen molar-refractivity contribution < 1.29 is 14.0 Å². The van der Waals surface area contributed by atoms with E-state index in [2.05, 4.69) is 15.9 Å². The van der Waals surface area contributed by atoms with E-state index in [0.29, 0.717) is 17.6 Å². The summed E-state index contributed by atoms with van der Waals surface area (Å²) in [4.78, 5) is 26.9. The molecule has 0 bridgehead atoms. The zero-order chi connectivity index (χ0) is 15.3. The first-order chi connectivity index (χ1) is 9.40. The fourth-order valence-electron chi connectivity index (χ4n) is 1.82. The molecule has 0 fully saturated rings. The van der Waals surface area contributed by atoms with Crippen molar-refractivity contribution in [3.05, 3.63) is 34.1 Å². The Morgan fingerprint density at radius 3 is 2.40 bits per heavy atom. The molecule has 0 aliphatic heterocycles. The number of benzene rings is 1. The standard InChI is InChI=1S/C14H18BrFN2O2/c1-4-18(5-2)13(19)9-17(3)14(20)11-8-10(15)6-7-12(11)16/h6-8H,4-5,9H2,1-3H3. The number of amides is 2. The third kappa shape index (κ3) is 4.03. The Morgan fingerprint density at radius 1 is 1.25 bits per heavy atom. The van der Waals surface area contributed by atoms with E-state index < -0.39 is 11.7 Å². The van der Waals surface area contributed by atoms with Gasteiger partial charge in [-0.1, -0.05) is 15.9 Å². The van der Waals surface area contributed by atoms with Crippen LogP contribution in [0.15, 0.2) is 22.7 Å². The number of nitrogens with zero attached hydrogens (tertiary/aromatic N) is 2. The minimum absolute atomic E-state index is 0.0470. The van der Waals surface area contributed by atoms with Crippen LogP contribution in [0, 0.1) is 5.82 Å². The fraction of sp³-hybridized carbons (Fsp3) is 0.429. The SMILES string of the molecule is CCN(CC)C(=O)CN(C)C(=O)c1cc(Br)ccc1F. The molecule has 0 N–H and O–H groups in total. The van der Waals surface area contributed by atoms with Crippen molar-refractivity contribution in [2.75, 3.05) is 26.7 Å². The number of carbonyl (C=O) groups is 2. The molecule has 110 valence electrons. The van der Waals surface area contributed by atoms with E-state index in [0.717, 1.165) is 0 Å². The molecule has 20 heavy (non-hydrogen) atoms. The summed E-state index contributed by atoms with van der Waals surface area (Å²) in [5, 5.41) is 0. The smallest absolute Gasteiger partial charge is 0.257 e. The highest BCUT2D eigenvalue weighted by atomic mass is 79.9. The molecule has 1 aromatic carbocycles.